The van der Waals surface area contributed by atoms with Gasteiger partial charge in [0.2, 0.25) is 11.8 Å². The minimum absolute atomic E-state index is 0.0695. The van der Waals surface area contributed by atoms with Crippen LogP contribution in [-0.2, 0) is 9.59 Å². The van der Waals surface area contributed by atoms with Crippen LogP contribution >= 0.6 is 0 Å². The van der Waals surface area contributed by atoms with Crippen molar-refractivity contribution >= 4 is 34.6 Å². The van der Waals surface area contributed by atoms with Crippen molar-refractivity contribution in [1.29, 1.82) is 0 Å². The molecule has 2 amide bonds. The number of hydrogen-bond donors (Lipinski definition) is 1. The number of amides is 2. The Labute approximate surface area is 182 Å². The van der Waals surface area contributed by atoms with E-state index in [9.17, 15) is 9.59 Å². The number of nitrogens with zero attached hydrogens (tertiary/aromatic N) is 2. The fourth-order valence-corrected chi connectivity index (χ4v) is 3.63. The fourth-order valence-electron chi connectivity index (χ4n) is 3.63. The first-order valence-corrected chi connectivity index (χ1v) is 10.3. The maximum atomic E-state index is 13.2. The second-order valence-electron chi connectivity index (χ2n) is 7.94. The lowest BCUT2D eigenvalue weighted by Crippen LogP contribution is -2.38. The SMILES string of the molecule is Cc1ccc(C2=Nc3ccccc3N(CC(=O)Nc3cc(C)ccc3C)C(=O)C2)cc1. The summed E-state index contributed by atoms with van der Waals surface area (Å²) >= 11 is 0. The molecular weight excluding hydrogens is 386 g/mol. The Morgan fingerprint density at radius 1 is 0.968 bits per heavy atom. The van der Waals surface area contributed by atoms with E-state index in [1.165, 1.54) is 4.90 Å². The first-order valence-electron chi connectivity index (χ1n) is 10.3. The molecule has 0 radical (unpaired) electrons. The quantitative estimate of drug-likeness (QED) is 0.649. The van der Waals surface area contributed by atoms with Gasteiger partial charge in [-0.25, -0.2) is 0 Å². The smallest absolute Gasteiger partial charge is 0.244 e. The van der Waals surface area contributed by atoms with Crippen LogP contribution in [0.1, 0.15) is 28.7 Å². The third-order valence-corrected chi connectivity index (χ3v) is 5.40. The minimum Gasteiger partial charge on any atom is -0.324 e. The van der Waals surface area contributed by atoms with Crippen molar-refractivity contribution in [2.75, 3.05) is 16.8 Å². The first-order chi connectivity index (χ1) is 14.9. The Balaban J connectivity index is 1.61. The molecule has 31 heavy (non-hydrogen) atoms. The van der Waals surface area contributed by atoms with Gasteiger partial charge in [-0.05, 0) is 55.7 Å². The molecule has 0 aromatic heterocycles. The number of benzene rings is 3. The van der Waals surface area contributed by atoms with Gasteiger partial charge >= 0.3 is 0 Å². The minimum atomic E-state index is -0.240. The number of nitrogens with one attached hydrogen (secondary N) is 1. The summed E-state index contributed by atoms with van der Waals surface area (Å²) in [5.41, 5.74) is 6.89. The second kappa shape index (κ2) is 8.56. The van der Waals surface area contributed by atoms with Gasteiger partial charge in [0.25, 0.3) is 0 Å². The number of hydrogen-bond acceptors (Lipinski definition) is 3. The molecule has 1 N–H and O–H groups in total. The van der Waals surface area contributed by atoms with Crippen LogP contribution in [0.25, 0.3) is 0 Å². The zero-order chi connectivity index (χ0) is 22.0. The number of carbonyl (C=O) groups excluding carboxylic acids is 2. The molecule has 156 valence electrons. The Morgan fingerprint density at radius 3 is 2.45 bits per heavy atom. The second-order valence-corrected chi connectivity index (χ2v) is 7.94. The first kappa shape index (κ1) is 20.5. The maximum absolute atomic E-state index is 13.2. The average molecular weight is 412 g/mol. The van der Waals surface area contributed by atoms with Gasteiger partial charge in [-0.3, -0.25) is 14.6 Å². The standard InChI is InChI=1S/C26H25N3O2/c1-17-9-12-20(13-10-17)23-15-26(31)29(24-7-5-4-6-21(24)27-23)16-25(30)28-22-14-18(2)8-11-19(22)3/h4-14H,15-16H2,1-3H3,(H,28,30). The van der Waals surface area contributed by atoms with Crippen molar-refractivity contribution in [3.8, 4) is 0 Å². The van der Waals surface area contributed by atoms with Gasteiger partial charge in [0.1, 0.15) is 6.54 Å². The van der Waals surface area contributed by atoms with Crippen LogP contribution in [-0.4, -0.2) is 24.1 Å². The number of anilines is 2. The Kier molecular flexibility index (Phi) is 5.67. The van der Waals surface area contributed by atoms with Crippen LogP contribution in [0.3, 0.4) is 0 Å². The largest absolute Gasteiger partial charge is 0.324 e. The van der Waals surface area contributed by atoms with Crippen molar-refractivity contribution in [2.24, 2.45) is 4.99 Å². The molecule has 1 aliphatic heterocycles. The molecule has 0 saturated heterocycles. The highest BCUT2D eigenvalue weighted by Crippen LogP contribution is 2.33. The number of carbonyl (C=O) groups is 2. The third kappa shape index (κ3) is 4.56. The third-order valence-electron chi connectivity index (χ3n) is 5.40. The van der Waals surface area contributed by atoms with Crippen molar-refractivity contribution in [2.45, 2.75) is 27.2 Å². The highest BCUT2D eigenvalue weighted by Gasteiger charge is 2.26. The van der Waals surface area contributed by atoms with Gasteiger partial charge in [0.15, 0.2) is 0 Å². The molecule has 0 spiro atoms. The molecule has 0 aliphatic carbocycles. The molecular formula is C26H25N3O2. The van der Waals surface area contributed by atoms with E-state index in [1.54, 1.807) is 0 Å². The van der Waals surface area contributed by atoms with E-state index in [0.29, 0.717) is 17.1 Å². The predicted molar refractivity (Wildman–Crippen MR) is 125 cm³/mol. The lowest BCUT2D eigenvalue weighted by atomic mass is 10.1. The van der Waals surface area contributed by atoms with E-state index in [4.69, 9.17) is 4.99 Å². The molecule has 0 atom stereocenters. The lowest BCUT2D eigenvalue weighted by Gasteiger charge is -2.22. The summed E-state index contributed by atoms with van der Waals surface area (Å²) in [6.45, 7) is 5.88. The predicted octanol–water partition coefficient (Wildman–Crippen LogP) is 5.11. The van der Waals surface area contributed by atoms with Crippen LogP contribution < -0.4 is 10.2 Å². The van der Waals surface area contributed by atoms with Gasteiger partial charge in [-0.1, -0.05) is 54.1 Å². The Hall–Kier alpha value is -3.73. The van der Waals surface area contributed by atoms with Gasteiger partial charge < -0.3 is 10.2 Å². The lowest BCUT2D eigenvalue weighted by molar-refractivity contribution is -0.120. The monoisotopic (exact) mass is 411 g/mol. The summed E-state index contributed by atoms with van der Waals surface area (Å²) in [4.78, 5) is 32.4. The Morgan fingerprint density at radius 2 is 1.68 bits per heavy atom. The summed E-state index contributed by atoms with van der Waals surface area (Å²) in [5, 5.41) is 2.95. The van der Waals surface area contributed by atoms with E-state index in [-0.39, 0.29) is 24.8 Å². The number of para-hydroxylation sites is 2. The molecule has 5 nitrogen and oxygen atoms in total. The maximum Gasteiger partial charge on any atom is 0.244 e. The van der Waals surface area contributed by atoms with Crippen molar-refractivity contribution in [3.63, 3.8) is 0 Å². The van der Waals surface area contributed by atoms with Crippen LogP contribution in [0.15, 0.2) is 71.7 Å². The molecule has 3 aromatic rings. The molecule has 0 bridgehead atoms. The zero-order valence-corrected chi connectivity index (χ0v) is 18.0. The molecule has 4 rings (SSSR count). The molecule has 0 fully saturated rings. The van der Waals surface area contributed by atoms with E-state index in [1.807, 2.05) is 87.5 Å². The van der Waals surface area contributed by atoms with Crippen LogP contribution in [0.4, 0.5) is 17.1 Å². The van der Waals surface area contributed by atoms with Crippen molar-refractivity contribution in [3.05, 3.63) is 89.0 Å². The number of aryl methyl sites for hydroxylation is 3. The summed E-state index contributed by atoms with van der Waals surface area (Å²) in [7, 11) is 0. The fraction of sp³-hybridized carbons (Fsp3) is 0.192. The summed E-state index contributed by atoms with van der Waals surface area (Å²) in [6, 6.07) is 21.3. The molecule has 5 heteroatoms. The zero-order valence-electron chi connectivity index (χ0n) is 18.0. The molecule has 1 heterocycles. The highest BCUT2D eigenvalue weighted by atomic mass is 16.2. The number of aliphatic imine (C=N–C) groups is 1. The van der Waals surface area contributed by atoms with Crippen LogP contribution in [0.2, 0.25) is 0 Å². The van der Waals surface area contributed by atoms with Gasteiger partial charge in [0, 0.05) is 5.69 Å². The number of rotatable bonds is 4. The van der Waals surface area contributed by atoms with E-state index < -0.39 is 0 Å². The van der Waals surface area contributed by atoms with E-state index in [2.05, 4.69) is 5.32 Å². The average Bonchev–Trinajstić information content (AvgIpc) is 2.88. The normalized spacial score (nSPS) is 13.3. The summed E-state index contributed by atoms with van der Waals surface area (Å²) < 4.78 is 0. The van der Waals surface area contributed by atoms with E-state index >= 15 is 0 Å². The Bertz CT molecular complexity index is 1180. The summed E-state index contributed by atoms with van der Waals surface area (Å²) in [5.74, 6) is -0.393. The molecule has 0 unspecified atom stereocenters. The van der Waals surface area contributed by atoms with Gasteiger partial charge in [-0.2, -0.15) is 0 Å². The number of fused-ring (bicyclic) bond motifs is 1. The molecule has 3 aromatic carbocycles. The summed E-state index contributed by atoms with van der Waals surface area (Å²) in [6.07, 6.45) is 0.133. The highest BCUT2D eigenvalue weighted by molar-refractivity contribution is 6.19. The topological polar surface area (TPSA) is 61.8 Å². The van der Waals surface area contributed by atoms with E-state index in [0.717, 1.165) is 27.9 Å². The van der Waals surface area contributed by atoms with Crippen LogP contribution in [0.5, 0.6) is 0 Å². The van der Waals surface area contributed by atoms with Crippen molar-refractivity contribution in [1.82, 2.24) is 0 Å². The molecule has 1 aliphatic rings. The van der Waals surface area contributed by atoms with Gasteiger partial charge in [-0.15, -0.1) is 0 Å². The van der Waals surface area contributed by atoms with Gasteiger partial charge in [0.05, 0.1) is 23.5 Å². The van der Waals surface area contributed by atoms with Crippen molar-refractivity contribution < 1.29 is 9.59 Å². The molecule has 0 saturated carbocycles. The van der Waals surface area contributed by atoms with Crippen LogP contribution in [0, 0.1) is 20.8 Å².